The van der Waals surface area contributed by atoms with Crippen molar-refractivity contribution in [1.29, 1.82) is 0 Å². The van der Waals surface area contributed by atoms with E-state index in [9.17, 15) is 13.2 Å². The summed E-state index contributed by atoms with van der Waals surface area (Å²) in [6, 6.07) is 5.36. The fraction of sp³-hybridized carbons (Fsp3) is 0.154. The van der Waals surface area contributed by atoms with E-state index >= 15 is 0 Å². The number of hydrogen-bond acceptors (Lipinski definition) is 2. The molecule has 2 rings (SSSR count). The van der Waals surface area contributed by atoms with E-state index < -0.39 is 17.5 Å². The van der Waals surface area contributed by atoms with Gasteiger partial charge in [-0.25, -0.2) is 18.2 Å². The van der Waals surface area contributed by atoms with Gasteiger partial charge in [-0.3, -0.25) is 0 Å². The van der Waals surface area contributed by atoms with Crippen LogP contribution in [0.3, 0.4) is 0 Å². The molecule has 1 heterocycles. The molecule has 0 aliphatic carbocycles. The second-order valence-electron chi connectivity index (χ2n) is 3.97. The van der Waals surface area contributed by atoms with Gasteiger partial charge in [0.25, 0.3) is 0 Å². The first-order chi connectivity index (χ1) is 9.06. The quantitative estimate of drug-likeness (QED) is 0.688. The van der Waals surface area contributed by atoms with Crippen LogP contribution < -0.4 is 5.32 Å². The normalized spacial score (nSPS) is 10.7. The van der Waals surface area contributed by atoms with E-state index in [4.69, 9.17) is 11.6 Å². The van der Waals surface area contributed by atoms with Gasteiger partial charge in [-0.2, -0.15) is 0 Å². The molecule has 1 aromatic carbocycles. The highest BCUT2D eigenvalue weighted by Crippen LogP contribution is 2.13. The molecule has 0 aliphatic rings. The van der Waals surface area contributed by atoms with Gasteiger partial charge in [-0.05, 0) is 29.3 Å². The first-order valence-electron chi connectivity index (χ1n) is 5.51. The topological polar surface area (TPSA) is 24.9 Å². The van der Waals surface area contributed by atoms with Crippen LogP contribution in [0.5, 0.6) is 0 Å². The van der Waals surface area contributed by atoms with Crippen molar-refractivity contribution in [1.82, 2.24) is 10.3 Å². The highest BCUT2D eigenvalue weighted by atomic mass is 35.5. The SMILES string of the molecule is Fc1cc(CNCc2ccc(Cl)nc2)cc(F)c1F. The maximum absolute atomic E-state index is 13.0. The molecule has 0 aliphatic heterocycles. The summed E-state index contributed by atoms with van der Waals surface area (Å²) in [6.07, 6.45) is 1.60. The van der Waals surface area contributed by atoms with Crippen LogP contribution in [-0.2, 0) is 13.1 Å². The number of aromatic nitrogens is 1. The average Bonchev–Trinajstić information content (AvgIpc) is 2.38. The summed E-state index contributed by atoms with van der Waals surface area (Å²) < 4.78 is 38.7. The van der Waals surface area contributed by atoms with Gasteiger partial charge in [0.05, 0.1) is 0 Å². The molecule has 1 aromatic heterocycles. The van der Waals surface area contributed by atoms with Crippen molar-refractivity contribution in [3.63, 3.8) is 0 Å². The lowest BCUT2D eigenvalue weighted by Crippen LogP contribution is -2.13. The van der Waals surface area contributed by atoms with Crippen molar-refractivity contribution >= 4 is 11.6 Å². The lowest BCUT2D eigenvalue weighted by atomic mass is 10.2. The maximum atomic E-state index is 13.0. The van der Waals surface area contributed by atoms with Crippen molar-refractivity contribution in [3.8, 4) is 0 Å². The highest BCUT2D eigenvalue weighted by Gasteiger charge is 2.10. The number of halogens is 4. The molecule has 19 heavy (non-hydrogen) atoms. The molecule has 0 amide bonds. The van der Waals surface area contributed by atoms with Gasteiger partial charge in [-0.15, -0.1) is 0 Å². The van der Waals surface area contributed by atoms with Gasteiger partial charge in [-0.1, -0.05) is 17.7 Å². The van der Waals surface area contributed by atoms with E-state index in [1.165, 1.54) is 0 Å². The minimum absolute atomic E-state index is 0.219. The zero-order valence-corrected chi connectivity index (χ0v) is 10.5. The third-order valence-corrected chi connectivity index (χ3v) is 2.71. The van der Waals surface area contributed by atoms with Gasteiger partial charge in [0, 0.05) is 19.3 Å². The fourth-order valence-electron chi connectivity index (χ4n) is 1.57. The Morgan fingerprint density at radius 2 is 1.63 bits per heavy atom. The van der Waals surface area contributed by atoms with Crippen LogP contribution in [0.4, 0.5) is 13.2 Å². The van der Waals surface area contributed by atoms with Crippen LogP contribution in [0, 0.1) is 17.5 Å². The van der Waals surface area contributed by atoms with Crippen LogP contribution in [0.1, 0.15) is 11.1 Å². The Kier molecular flexibility index (Phi) is 4.39. The van der Waals surface area contributed by atoms with E-state index in [1.807, 2.05) is 0 Å². The first-order valence-corrected chi connectivity index (χ1v) is 5.88. The monoisotopic (exact) mass is 286 g/mol. The number of nitrogens with one attached hydrogen (secondary N) is 1. The zero-order chi connectivity index (χ0) is 13.8. The molecule has 0 fully saturated rings. The Bertz CT molecular complexity index is 550. The predicted molar refractivity (Wildman–Crippen MR) is 66.1 cm³/mol. The number of rotatable bonds is 4. The molecule has 0 radical (unpaired) electrons. The summed E-state index contributed by atoms with van der Waals surface area (Å²) in [4.78, 5) is 3.90. The molecule has 0 bridgehead atoms. The summed E-state index contributed by atoms with van der Waals surface area (Å²) in [5.74, 6) is -3.83. The van der Waals surface area contributed by atoms with Crippen LogP contribution >= 0.6 is 11.6 Å². The lowest BCUT2D eigenvalue weighted by molar-refractivity contribution is 0.444. The first kappa shape index (κ1) is 13.8. The predicted octanol–water partition coefficient (Wildman–Crippen LogP) is 3.44. The smallest absolute Gasteiger partial charge is 0.194 e. The Labute approximate surface area is 113 Å². The molecule has 0 saturated carbocycles. The molecule has 0 spiro atoms. The molecular formula is C13H10ClF3N2. The fourth-order valence-corrected chi connectivity index (χ4v) is 1.68. The van der Waals surface area contributed by atoms with E-state index in [1.54, 1.807) is 18.3 Å². The number of nitrogens with zero attached hydrogens (tertiary/aromatic N) is 1. The van der Waals surface area contributed by atoms with Crippen molar-refractivity contribution < 1.29 is 13.2 Å². The van der Waals surface area contributed by atoms with Gasteiger partial charge >= 0.3 is 0 Å². The van der Waals surface area contributed by atoms with Crippen molar-refractivity contribution in [2.24, 2.45) is 0 Å². The maximum Gasteiger partial charge on any atom is 0.194 e. The number of benzene rings is 1. The highest BCUT2D eigenvalue weighted by molar-refractivity contribution is 6.29. The second kappa shape index (κ2) is 6.04. The van der Waals surface area contributed by atoms with Crippen molar-refractivity contribution in [2.45, 2.75) is 13.1 Å². The Morgan fingerprint density at radius 3 is 2.21 bits per heavy atom. The van der Waals surface area contributed by atoms with Crippen LogP contribution in [0.2, 0.25) is 5.15 Å². The van der Waals surface area contributed by atoms with E-state index in [0.717, 1.165) is 17.7 Å². The molecule has 2 nitrogen and oxygen atoms in total. The lowest BCUT2D eigenvalue weighted by Gasteiger charge is -2.06. The number of hydrogen-bond donors (Lipinski definition) is 1. The molecule has 0 saturated heterocycles. The van der Waals surface area contributed by atoms with Crippen molar-refractivity contribution in [3.05, 3.63) is 64.2 Å². The third kappa shape index (κ3) is 3.68. The van der Waals surface area contributed by atoms with E-state index in [2.05, 4.69) is 10.3 Å². The minimum Gasteiger partial charge on any atom is -0.309 e. The molecular weight excluding hydrogens is 277 g/mol. The Balaban J connectivity index is 1.94. The standard InChI is InChI=1S/C13H10ClF3N2/c14-12-2-1-8(7-19-12)5-18-6-9-3-10(15)13(17)11(16)4-9/h1-4,7,18H,5-6H2. The largest absolute Gasteiger partial charge is 0.309 e. The molecule has 1 N–H and O–H groups in total. The van der Waals surface area contributed by atoms with Gasteiger partial charge in [0.1, 0.15) is 5.15 Å². The van der Waals surface area contributed by atoms with Gasteiger partial charge in [0.15, 0.2) is 17.5 Å². The Morgan fingerprint density at radius 1 is 1.00 bits per heavy atom. The van der Waals surface area contributed by atoms with Gasteiger partial charge < -0.3 is 5.32 Å². The summed E-state index contributed by atoms with van der Waals surface area (Å²) in [6.45, 7) is 0.682. The molecule has 0 unspecified atom stereocenters. The third-order valence-electron chi connectivity index (χ3n) is 2.49. The average molecular weight is 287 g/mol. The van der Waals surface area contributed by atoms with Crippen LogP contribution in [0.15, 0.2) is 30.5 Å². The molecule has 6 heteroatoms. The Hall–Kier alpha value is -1.59. The minimum atomic E-state index is -1.45. The van der Waals surface area contributed by atoms with Crippen LogP contribution in [0.25, 0.3) is 0 Å². The molecule has 100 valence electrons. The van der Waals surface area contributed by atoms with Crippen LogP contribution in [-0.4, -0.2) is 4.98 Å². The summed E-state index contributed by atoms with van der Waals surface area (Å²) in [7, 11) is 0. The molecule has 0 atom stereocenters. The zero-order valence-electron chi connectivity index (χ0n) is 9.76. The molecule has 2 aromatic rings. The summed E-state index contributed by atoms with van der Waals surface area (Å²) >= 11 is 5.64. The number of pyridine rings is 1. The van der Waals surface area contributed by atoms with E-state index in [-0.39, 0.29) is 6.54 Å². The second-order valence-corrected chi connectivity index (χ2v) is 4.35. The summed E-state index contributed by atoms with van der Waals surface area (Å²) in [5.41, 5.74) is 1.21. The van der Waals surface area contributed by atoms with Crippen molar-refractivity contribution in [2.75, 3.05) is 0 Å². The van der Waals surface area contributed by atoms with E-state index in [0.29, 0.717) is 17.3 Å². The summed E-state index contributed by atoms with van der Waals surface area (Å²) in [5, 5.41) is 3.37. The van der Waals surface area contributed by atoms with Gasteiger partial charge in [0.2, 0.25) is 0 Å².